The average molecular weight is 263 g/mol. The highest BCUT2D eigenvalue weighted by atomic mass is 15.1. The van der Waals surface area contributed by atoms with Gasteiger partial charge in [0.15, 0.2) is 0 Å². The minimum Gasteiger partial charge on any atom is -0.282 e. The molecule has 0 spiro atoms. The van der Waals surface area contributed by atoms with Gasteiger partial charge in [0, 0.05) is 17.5 Å². The molecule has 0 amide bonds. The van der Waals surface area contributed by atoms with E-state index in [1.54, 1.807) is 0 Å². The van der Waals surface area contributed by atoms with Crippen LogP contribution in [0.5, 0.6) is 0 Å². The van der Waals surface area contributed by atoms with Crippen molar-refractivity contribution in [1.29, 1.82) is 0 Å². The van der Waals surface area contributed by atoms with Gasteiger partial charge in [0.2, 0.25) is 0 Å². The zero-order valence-electron chi connectivity index (χ0n) is 11.9. The number of H-pyrrole nitrogens is 1. The number of hydrogen-bond donors (Lipinski definition) is 1. The van der Waals surface area contributed by atoms with Crippen molar-refractivity contribution in [3.8, 4) is 22.5 Å². The van der Waals surface area contributed by atoms with Crippen LogP contribution in [-0.2, 0) is 0 Å². The molecule has 0 saturated carbocycles. The maximum atomic E-state index is 4.56. The predicted octanol–water partition coefficient (Wildman–Crippen LogP) is 4.06. The first-order valence-electron chi connectivity index (χ1n) is 6.70. The quantitative estimate of drug-likeness (QED) is 0.757. The lowest BCUT2D eigenvalue weighted by atomic mass is 9.98. The van der Waals surface area contributed by atoms with Crippen molar-refractivity contribution < 1.29 is 0 Å². The third-order valence-corrected chi connectivity index (χ3v) is 3.51. The molecular weight excluding hydrogens is 246 g/mol. The number of rotatable bonds is 2. The van der Waals surface area contributed by atoms with Crippen LogP contribution in [0.1, 0.15) is 16.8 Å². The molecule has 0 aliphatic carbocycles. The zero-order chi connectivity index (χ0) is 14.1. The van der Waals surface area contributed by atoms with Crippen molar-refractivity contribution >= 4 is 0 Å². The summed E-state index contributed by atoms with van der Waals surface area (Å²) in [6.45, 7) is 6.23. The summed E-state index contributed by atoms with van der Waals surface area (Å²) in [5.41, 5.74) is 7.74. The maximum Gasteiger partial charge on any atom is 0.111 e. The SMILES string of the molecule is Cc1cc(-c2cc(C)c(-c3ccccc3C)cn2)n[nH]1. The molecule has 3 rings (SSSR count). The van der Waals surface area contributed by atoms with Crippen LogP contribution >= 0.6 is 0 Å². The summed E-state index contributed by atoms with van der Waals surface area (Å²) >= 11 is 0. The normalized spacial score (nSPS) is 10.8. The van der Waals surface area contributed by atoms with Gasteiger partial charge in [-0.05, 0) is 49.6 Å². The van der Waals surface area contributed by atoms with Gasteiger partial charge in [0.25, 0.3) is 0 Å². The van der Waals surface area contributed by atoms with E-state index in [0.717, 1.165) is 17.1 Å². The summed E-state index contributed by atoms with van der Waals surface area (Å²) in [5.74, 6) is 0. The highest BCUT2D eigenvalue weighted by Crippen LogP contribution is 2.28. The number of aromatic nitrogens is 3. The second-order valence-electron chi connectivity index (χ2n) is 5.14. The Hall–Kier alpha value is -2.42. The van der Waals surface area contributed by atoms with E-state index >= 15 is 0 Å². The van der Waals surface area contributed by atoms with Gasteiger partial charge in [-0.15, -0.1) is 0 Å². The smallest absolute Gasteiger partial charge is 0.111 e. The zero-order valence-corrected chi connectivity index (χ0v) is 11.9. The predicted molar refractivity (Wildman–Crippen MR) is 81.5 cm³/mol. The minimum atomic E-state index is 0.891. The molecular formula is C17H17N3. The number of aromatic amines is 1. The van der Waals surface area contributed by atoms with Crippen molar-refractivity contribution in [2.45, 2.75) is 20.8 Å². The molecule has 20 heavy (non-hydrogen) atoms. The third-order valence-electron chi connectivity index (χ3n) is 3.51. The van der Waals surface area contributed by atoms with E-state index in [1.165, 1.54) is 22.3 Å². The van der Waals surface area contributed by atoms with Crippen LogP contribution in [-0.4, -0.2) is 15.2 Å². The van der Waals surface area contributed by atoms with E-state index in [1.807, 2.05) is 19.2 Å². The third kappa shape index (κ3) is 2.23. The van der Waals surface area contributed by atoms with E-state index in [0.29, 0.717) is 0 Å². The van der Waals surface area contributed by atoms with Crippen molar-refractivity contribution in [2.24, 2.45) is 0 Å². The first-order valence-corrected chi connectivity index (χ1v) is 6.70. The lowest BCUT2D eigenvalue weighted by molar-refractivity contribution is 1.04. The summed E-state index contributed by atoms with van der Waals surface area (Å²) in [6, 6.07) is 12.5. The summed E-state index contributed by atoms with van der Waals surface area (Å²) in [6.07, 6.45) is 1.94. The van der Waals surface area contributed by atoms with Gasteiger partial charge in [-0.1, -0.05) is 24.3 Å². The highest BCUT2D eigenvalue weighted by molar-refractivity contribution is 5.71. The average Bonchev–Trinajstić information content (AvgIpc) is 2.86. The van der Waals surface area contributed by atoms with Gasteiger partial charge in [-0.3, -0.25) is 10.1 Å². The molecule has 0 bridgehead atoms. The van der Waals surface area contributed by atoms with E-state index in [-0.39, 0.29) is 0 Å². The van der Waals surface area contributed by atoms with Gasteiger partial charge >= 0.3 is 0 Å². The lowest BCUT2D eigenvalue weighted by Gasteiger charge is -2.09. The molecule has 0 aliphatic rings. The topological polar surface area (TPSA) is 41.6 Å². The number of aryl methyl sites for hydroxylation is 3. The summed E-state index contributed by atoms with van der Waals surface area (Å²) < 4.78 is 0. The molecule has 1 N–H and O–H groups in total. The van der Waals surface area contributed by atoms with Gasteiger partial charge in [0.05, 0.1) is 5.69 Å². The number of nitrogens with zero attached hydrogens (tertiary/aromatic N) is 2. The highest BCUT2D eigenvalue weighted by Gasteiger charge is 2.09. The van der Waals surface area contributed by atoms with Crippen LogP contribution < -0.4 is 0 Å². The molecule has 100 valence electrons. The van der Waals surface area contributed by atoms with Crippen LogP contribution in [0.4, 0.5) is 0 Å². The fourth-order valence-corrected chi connectivity index (χ4v) is 2.40. The number of hydrogen-bond acceptors (Lipinski definition) is 2. The Morgan fingerprint density at radius 1 is 0.850 bits per heavy atom. The number of nitrogens with one attached hydrogen (secondary N) is 1. The van der Waals surface area contributed by atoms with Crippen LogP contribution in [0.3, 0.4) is 0 Å². The fourth-order valence-electron chi connectivity index (χ4n) is 2.40. The first-order chi connectivity index (χ1) is 9.65. The van der Waals surface area contributed by atoms with E-state index in [9.17, 15) is 0 Å². The molecule has 2 heterocycles. The summed E-state index contributed by atoms with van der Waals surface area (Å²) in [7, 11) is 0. The molecule has 0 aliphatic heterocycles. The molecule has 2 aromatic heterocycles. The van der Waals surface area contributed by atoms with Crippen molar-refractivity contribution in [3.63, 3.8) is 0 Å². The number of benzene rings is 1. The van der Waals surface area contributed by atoms with Crippen molar-refractivity contribution in [2.75, 3.05) is 0 Å². The second-order valence-corrected chi connectivity index (χ2v) is 5.14. The van der Waals surface area contributed by atoms with Gasteiger partial charge in [-0.2, -0.15) is 5.10 Å². The van der Waals surface area contributed by atoms with Gasteiger partial charge < -0.3 is 0 Å². The lowest BCUT2D eigenvalue weighted by Crippen LogP contribution is -1.91. The molecule has 3 heteroatoms. The van der Waals surface area contributed by atoms with Gasteiger partial charge in [-0.25, -0.2) is 0 Å². The molecule has 0 saturated heterocycles. The molecule has 0 unspecified atom stereocenters. The maximum absolute atomic E-state index is 4.56. The first kappa shape index (κ1) is 12.6. The van der Waals surface area contributed by atoms with E-state index in [2.05, 4.69) is 59.4 Å². The molecule has 0 atom stereocenters. The Balaban J connectivity index is 2.06. The second kappa shape index (κ2) is 4.93. The van der Waals surface area contributed by atoms with Crippen molar-refractivity contribution in [3.05, 3.63) is 59.4 Å². The van der Waals surface area contributed by atoms with Gasteiger partial charge in [0.1, 0.15) is 5.69 Å². The Bertz CT molecular complexity index is 756. The molecule has 3 nitrogen and oxygen atoms in total. The van der Waals surface area contributed by atoms with E-state index in [4.69, 9.17) is 0 Å². The summed E-state index contributed by atoms with van der Waals surface area (Å²) in [4.78, 5) is 4.56. The monoisotopic (exact) mass is 263 g/mol. The van der Waals surface area contributed by atoms with Crippen LogP contribution in [0.25, 0.3) is 22.5 Å². The number of pyridine rings is 1. The Morgan fingerprint density at radius 2 is 1.65 bits per heavy atom. The fraction of sp³-hybridized carbons (Fsp3) is 0.176. The van der Waals surface area contributed by atoms with Crippen LogP contribution in [0, 0.1) is 20.8 Å². The Morgan fingerprint density at radius 3 is 2.30 bits per heavy atom. The Kier molecular flexibility index (Phi) is 3.11. The summed E-state index contributed by atoms with van der Waals surface area (Å²) in [5, 5.41) is 7.21. The van der Waals surface area contributed by atoms with Crippen LogP contribution in [0.15, 0.2) is 42.6 Å². The van der Waals surface area contributed by atoms with Crippen LogP contribution in [0.2, 0.25) is 0 Å². The molecule has 0 fully saturated rings. The standard InChI is InChI=1S/C17H17N3/c1-11-6-4-5-7-14(11)15-10-18-16(8-12(15)2)17-9-13(3)19-20-17/h4-10H,1-3H3,(H,19,20). The van der Waals surface area contributed by atoms with E-state index < -0.39 is 0 Å². The minimum absolute atomic E-state index is 0.891. The largest absolute Gasteiger partial charge is 0.282 e. The van der Waals surface area contributed by atoms with Crippen molar-refractivity contribution in [1.82, 2.24) is 15.2 Å². The molecule has 3 aromatic rings. The molecule has 1 aromatic carbocycles. The Labute approximate surface area is 118 Å². The molecule has 0 radical (unpaired) electrons.